The molecule has 1 heteroatoms. The lowest BCUT2D eigenvalue weighted by Gasteiger charge is -2.45. The summed E-state index contributed by atoms with van der Waals surface area (Å²) in [6, 6.07) is 0.694. The van der Waals surface area contributed by atoms with Gasteiger partial charge in [-0.25, -0.2) is 0 Å². The maximum atomic E-state index is 4.23. The Hall–Kier alpha value is -0.560. The van der Waals surface area contributed by atoms with Crippen molar-refractivity contribution in [2.75, 3.05) is 7.05 Å². The van der Waals surface area contributed by atoms with Crippen LogP contribution in [0.3, 0.4) is 0 Å². The maximum absolute atomic E-state index is 4.23. The summed E-state index contributed by atoms with van der Waals surface area (Å²) >= 11 is 0. The predicted molar refractivity (Wildman–Crippen MR) is 70.4 cm³/mol. The summed E-state index contributed by atoms with van der Waals surface area (Å²) in [5.74, 6) is 2.37. The highest BCUT2D eigenvalue weighted by atomic mass is 14.9. The average molecular weight is 219 g/mol. The summed E-state index contributed by atoms with van der Waals surface area (Å²) < 4.78 is 0. The third kappa shape index (κ3) is 2.10. The Balaban J connectivity index is 2.08. The van der Waals surface area contributed by atoms with Crippen molar-refractivity contribution in [2.45, 2.75) is 45.1 Å². The van der Waals surface area contributed by atoms with Gasteiger partial charge in [0.25, 0.3) is 0 Å². The number of hydrogen-bond donors (Lipinski definition) is 1. The molecule has 1 N–H and O–H groups in total. The predicted octanol–water partition coefficient (Wildman–Crippen LogP) is 3.53. The Morgan fingerprint density at radius 3 is 2.50 bits per heavy atom. The molecular weight excluding hydrogens is 194 g/mol. The highest BCUT2D eigenvalue weighted by molar-refractivity contribution is 5.17. The minimum atomic E-state index is 0.694. The fourth-order valence-corrected chi connectivity index (χ4v) is 3.50. The number of rotatable bonds is 2. The summed E-state index contributed by atoms with van der Waals surface area (Å²) in [5.41, 5.74) is 2.92. The van der Waals surface area contributed by atoms with E-state index in [1.54, 1.807) is 0 Å². The minimum Gasteiger partial charge on any atom is -0.317 e. The van der Waals surface area contributed by atoms with Crippen LogP contribution in [0.4, 0.5) is 0 Å². The van der Waals surface area contributed by atoms with Crippen LogP contribution in [-0.2, 0) is 0 Å². The maximum Gasteiger partial charge on any atom is 0.00984 e. The molecule has 2 rings (SSSR count). The second-order valence-corrected chi connectivity index (χ2v) is 5.72. The zero-order valence-electron chi connectivity index (χ0n) is 10.8. The molecule has 0 aromatic rings. The lowest BCUT2D eigenvalue weighted by Crippen LogP contribution is -2.43. The molecule has 0 aromatic heterocycles. The molecule has 4 unspecified atom stereocenters. The lowest BCUT2D eigenvalue weighted by atomic mass is 9.62. The summed E-state index contributed by atoms with van der Waals surface area (Å²) in [6.07, 6.45) is 6.33. The Kier molecular flexibility index (Phi) is 3.53. The van der Waals surface area contributed by atoms with Crippen LogP contribution in [-0.4, -0.2) is 13.1 Å². The van der Waals surface area contributed by atoms with E-state index in [1.165, 1.54) is 43.3 Å². The molecule has 2 fully saturated rings. The molecule has 2 saturated carbocycles. The fourth-order valence-electron chi connectivity index (χ4n) is 3.50. The Labute approximate surface area is 100 Å². The third-order valence-electron chi connectivity index (χ3n) is 4.79. The van der Waals surface area contributed by atoms with Crippen molar-refractivity contribution in [3.8, 4) is 0 Å². The molecular formula is C15H25N. The van der Waals surface area contributed by atoms with Gasteiger partial charge in [-0.2, -0.15) is 0 Å². The molecule has 0 saturated heterocycles. The molecule has 0 bridgehead atoms. The number of hydrogen-bond acceptors (Lipinski definition) is 1. The molecule has 0 amide bonds. The molecule has 4 atom stereocenters. The van der Waals surface area contributed by atoms with Gasteiger partial charge < -0.3 is 5.32 Å². The zero-order chi connectivity index (χ0) is 11.7. The quantitative estimate of drug-likeness (QED) is 0.553. The van der Waals surface area contributed by atoms with Crippen molar-refractivity contribution in [1.29, 1.82) is 0 Å². The van der Waals surface area contributed by atoms with Crippen LogP contribution in [0.5, 0.6) is 0 Å². The van der Waals surface area contributed by atoms with Crippen LogP contribution >= 0.6 is 0 Å². The first-order valence-electron chi connectivity index (χ1n) is 6.65. The van der Waals surface area contributed by atoms with Gasteiger partial charge in [0, 0.05) is 6.04 Å². The molecule has 16 heavy (non-hydrogen) atoms. The van der Waals surface area contributed by atoms with Gasteiger partial charge >= 0.3 is 0 Å². The van der Waals surface area contributed by atoms with Gasteiger partial charge in [0.1, 0.15) is 0 Å². The van der Waals surface area contributed by atoms with E-state index in [1.807, 2.05) is 0 Å². The van der Waals surface area contributed by atoms with Crippen molar-refractivity contribution in [3.05, 3.63) is 24.3 Å². The van der Waals surface area contributed by atoms with Crippen molar-refractivity contribution in [3.63, 3.8) is 0 Å². The number of allylic oxidation sites excluding steroid dienone is 2. The first kappa shape index (κ1) is 11.9. The van der Waals surface area contributed by atoms with Gasteiger partial charge in [0.05, 0.1) is 0 Å². The molecule has 0 radical (unpaired) electrons. The Morgan fingerprint density at radius 1 is 1.19 bits per heavy atom. The second kappa shape index (κ2) is 4.75. The van der Waals surface area contributed by atoms with Gasteiger partial charge in [-0.1, -0.05) is 31.2 Å². The largest absolute Gasteiger partial charge is 0.317 e. The van der Waals surface area contributed by atoms with Gasteiger partial charge in [-0.05, 0) is 56.9 Å². The van der Waals surface area contributed by atoms with E-state index in [0.717, 1.165) is 17.8 Å². The van der Waals surface area contributed by atoms with E-state index in [4.69, 9.17) is 0 Å². The van der Waals surface area contributed by atoms with Crippen LogP contribution in [0.15, 0.2) is 24.3 Å². The highest BCUT2D eigenvalue weighted by Crippen LogP contribution is 2.47. The molecule has 2 aliphatic rings. The number of nitrogens with one attached hydrogen (secondary N) is 1. The summed E-state index contributed by atoms with van der Waals surface area (Å²) in [6.45, 7) is 10.7. The molecule has 1 nitrogen and oxygen atoms in total. The van der Waals surface area contributed by atoms with Crippen molar-refractivity contribution in [2.24, 2.45) is 17.8 Å². The fraction of sp³-hybridized carbons (Fsp3) is 0.733. The normalized spacial score (nSPS) is 40.4. The zero-order valence-corrected chi connectivity index (χ0v) is 10.8. The molecule has 90 valence electrons. The summed E-state index contributed by atoms with van der Waals surface area (Å²) in [7, 11) is 2.11. The van der Waals surface area contributed by atoms with E-state index in [0.29, 0.717) is 6.04 Å². The van der Waals surface area contributed by atoms with E-state index in [9.17, 15) is 0 Å². The summed E-state index contributed by atoms with van der Waals surface area (Å²) in [4.78, 5) is 0. The molecule has 0 heterocycles. The van der Waals surface area contributed by atoms with Crippen molar-refractivity contribution >= 4 is 0 Å². The average Bonchev–Trinajstić information content (AvgIpc) is 2.46. The lowest BCUT2D eigenvalue weighted by molar-refractivity contribution is 0.152. The highest BCUT2D eigenvalue weighted by Gasteiger charge is 2.40. The Bertz CT molecular complexity index is 292. The standard InChI is InChI=1S/C15H25N/c1-10-6-5-7-15(16-4)14(8-10)13-9-11(2)12(13)3/h12-16H,1-2,5-9H2,3-4H3. The van der Waals surface area contributed by atoms with Crippen molar-refractivity contribution < 1.29 is 0 Å². The van der Waals surface area contributed by atoms with E-state index in [2.05, 4.69) is 32.4 Å². The topological polar surface area (TPSA) is 12.0 Å². The minimum absolute atomic E-state index is 0.694. The van der Waals surface area contributed by atoms with Gasteiger partial charge in [0.15, 0.2) is 0 Å². The SMILES string of the molecule is C=C1CCCC(NC)C(C2CC(=C)C2C)C1. The van der Waals surface area contributed by atoms with E-state index >= 15 is 0 Å². The second-order valence-electron chi connectivity index (χ2n) is 5.72. The first-order valence-corrected chi connectivity index (χ1v) is 6.65. The van der Waals surface area contributed by atoms with Crippen LogP contribution < -0.4 is 5.32 Å². The van der Waals surface area contributed by atoms with Gasteiger partial charge in [0.2, 0.25) is 0 Å². The van der Waals surface area contributed by atoms with Crippen LogP contribution in [0.25, 0.3) is 0 Å². The summed E-state index contributed by atoms with van der Waals surface area (Å²) in [5, 5.41) is 3.53. The van der Waals surface area contributed by atoms with Crippen LogP contribution in [0, 0.1) is 17.8 Å². The molecule has 0 aromatic carbocycles. The van der Waals surface area contributed by atoms with Crippen LogP contribution in [0.2, 0.25) is 0 Å². The molecule has 0 aliphatic heterocycles. The smallest absolute Gasteiger partial charge is 0.00984 e. The molecule has 2 aliphatic carbocycles. The van der Waals surface area contributed by atoms with Crippen LogP contribution in [0.1, 0.15) is 39.0 Å². The van der Waals surface area contributed by atoms with E-state index < -0.39 is 0 Å². The van der Waals surface area contributed by atoms with Gasteiger partial charge in [-0.3, -0.25) is 0 Å². The monoisotopic (exact) mass is 219 g/mol. The van der Waals surface area contributed by atoms with Gasteiger partial charge in [-0.15, -0.1) is 0 Å². The van der Waals surface area contributed by atoms with E-state index in [-0.39, 0.29) is 0 Å². The molecule has 0 spiro atoms. The third-order valence-corrected chi connectivity index (χ3v) is 4.79. The first-order chi connectivity index (χ1) is 7.63. The van der Waals surface area contributed by atoms with Crippen molar-refractivity contribution in [1.82, 2.24) is 5.32 Å². The Morgan fingerprint density at radius 2 is 1.94 bits per heavy atom.